The molecule has 24 heavy (non-hydrogen) atoms. The molecule has 2 heterocycles. The van der Waals surface area contributed by atoms with Crippen molar-refractivity contribution < 1.29 is 14.1 Å². The maximum Gasteiger partial charge on any atom is 0.251 e. The number of carbonyl (C=O) groups is 1. The van der Waals surface area contributed by atoms with Crippen molar-refractivity contribution in [3.05, 3.63) is 45.8 Å². The third kappa shape index (κ3) is 4.72. The lowest BCUT2D eigenvalue weighted by atomic mass is 10.0. The summed E-state index contributed by atoms with van der Waals surface area (Å²) in [5, 5.41) is 10.0. The first kappa shape index (κ1) is 18.8. The van der Waals surface area contributed by atoms with Gasteiger partial charge in [-0.15, -0.1) is 12.4 Å². The monoisotopic (exact) mass is 415 g/mol. The number of halogens is 2. The first-order valence-electron chi connectivity index (χ1n) is 7.45. The Bertz CT molecular complexity index is 704. The molecule has 0 radical (unpaired) electrons. The molecule has 0 atom stereocenters. The van der Waals surface area contributed by atoms with Crippen LogP contribution in [0.5, 0.6) is 5.75 Å². The van der Waals surface area contributed by atoms with E-state index in [0.717, 1.165) is 29.0 Å². The summed E-state index contributed by atoms with van der Waals surface area (Å²) in [6, 6.07) is 7.11. The minimum absolute atomic E-state index is 0. The van der Waals surface area contributed by atoms with E-state index in [0.29, 0.717) is 30.4 Å². The van der Waals surface area contributed by atoms with E-state index in [9.17, 15) is 4.79 Å². The Morgan fingerprint density at radius 1 is 1.46 bits per heavy atom. The van der Waals surface area contributed by atoms with Gasteiger partial charge in [0.2, 0.25) is 0 Å². The molecular formula is C16H19BrClN3O3. The molecule has 2 N–H and O–H groups in total. The third-order valence-corrected chi connectivity index (χ3v) is 4.28. The van der Waals surface area contributed by atoms with Crippen molar-refractivity contribution in [1.29, 1.82) is 0 Å². The zero-order chi connectivity index (χ0) is 16.2. The van der Waals surface area contributed by atoms with E-state index in [2.05, 4.69) is 31.7 Å². The Morgan fingerprint density at radius 3 is 2.83 bits per heavy atom. The number of amides is 1. The van der Waals surface area contributed by atoms with E-state index < -0.39 is 0 Å². The highest BCUT2D eigenvalue weighted by Gasteiger charge is 2.18. The molecule has 2 aromatic rings. The Morgan fingerprint density at radius 2 is 2.25 bits per heavy atom. The number of ether oxygens (including phenoxy) is 1. The quantitative estimate of drug-likeness (QED) is 0.757. The summed E-state index contributed by atoms with van der Waals surface area (Å²) in [7, 11) is 0. The zero-order valence-electron chi connectivity index (χ0n) is 13.2. The second kappa shape index (κ2) is 8.50. The van der Waals surface area contributed by atoms with Crippen LogP contribution in [0.2, 0.25) is 0 Å². The molecule has 1 aromatic carbocycles. The first-order valence-corrected chi connectivity index (χ1v) is 8.24. The maximum absolute atomic E-state index is 12.1. The lowest BCUT2D eigenvalue weighted by Gasteiger charge is -2.27. The van der Waals surface area contributed by atoms with E-state index in [1.165, 1.54) is 0 Å². The summed E-state index contributed by atoms with van der Waals surface area (Å²) in [6.07, 6.45) is 0. The average molecular weight is 417 g/mol. The van der Waals surface area contributed by atoms with Gasteiger partial charge in [-0.2, -0.15) is 0 Å². The lowest BCUT2D eigenvalue weighted by Crippen LogP contribution is -2.48. The minimum atomic E-state index is -0.0729. The Balaban J connectivity index is 0.00000208. The predicted molar refractivity (Wildman–Crippen MR) is 95.7 cm³/mol. The van der Waals surface area contributed by atoms with Crippen LogP contribution < -0.4 is 15.4 Å². The summed E-state index contributed by atoms with van der Waals surface area (Å²) in [5.41, 5.74) is 1.33. The highest BCUT2D eigenvalue weighted by Crippen LogP contribution is 2.27. The Hall–Kier alpha value is -1.57. The number of nitrogens with one attached hydrogen (secondary N) is 2. The van der Waals surface area contributed by atoms with Gasteiger partial charge in [0.05, 0.1) is 4.47 Å². The Kier molecular flexibility index (Phi) is 6.65. The van der Waals surface area contributed by atoms with Crippen molar-refractivity contribution in [3.8, 4) is 5.75 Å². The van der Waals surface area contributed by atoms with Crippen LogP contribution in [0.3, 0.4) is 0 Å². The number of aryl methyl sites for hydroxylation is 1. The van der Waals surface area contributed by atoms with Gasteiger partial charge in [-0.25, -0.2) is 0 Å². The maximum atomic E-state index is 12.1. The minimum Gasteiger partial charge on any atom is -0.486 e. The fourth-order valence-electron chi connectivity index (χ4n) is 2.23. The number of carbonyl (C=O) groups excluding carboxylic acids is 1. The largest absolute Gasteiger partial charge is 0.486 e. The molecule has 0 aliphatic carbocycles. The van der Waals surface area contributed by atoms with Crippen LogP contribution in [-0.4, -0.2) is 30.7 Å². The molecule has 3 rings (SSSR count). The summed E-state index contributed by atoms with van der Waals surface area (Å²) in [4.78, 5) is 12.1. The standard InChI is InChI=1S/C16H18BrN3O3.ClH/c1-10-4-13(20-23-10)9-22-15-3-2-12(5-14(15)17)16(21)19-8-11-6-18-7-11;/h2-5,11,18H,6-9H2,1H3,(H,19,21);1H. The third-order valence-electron chi connectivity index (χ3n) is 3.66. The number of benzene rings is 1. The van der Waals surface area contributed by atoms with Crippen LogP contribution in [0.15, 0.2) is 33.3 Å². The van der Waals surface area contributed by atoms with Crippen molar-refractivity contribution in [2.45, 2.75) is 13.5 Å². The van der Waals surface area contributed by atoms with Crippen molar-refractivity contribution in [2.75, 3.05) is 19.6 Å². The van der Waals surface area contributed by atoms with Gasteiger partial charge >= 0.3 is 0 Å². The molecule has 0 bridgehead atoms. The molecule has 8 heteroatoms. The predicted octanol–water partition coefficient (Wildman–Crippen LogP) is 2.70. The number of hydrogen-bond acceptors (Lipinski definition) is 5. The SMILES string of the molecule is Cc1cc(COc2ccc(C(=O)NCC3CNC3)cc2Br)no1.Cl. The summed E-state index contributed by atoms with van der Waals surface area (Å²) < 4.78 is 11.4. The highest BCUT2D eigenvalue weighted by atomic mass is 79.9. The Labute approximate surface area is 154 Å². The van der Waals surface area contributed by atoms with Gasteiger partial charge < -0.3 is 19.9 Å². The summed E-state index contributed by atoms with van der Waals surface area (Å²) >= 11 is 3.44. The molecule has 0 saturated carbocycles. The molecule has 1 aliphatic heterocycles. The molecule has 1 aliphatic rings. The summed E-state index contributed by atoms with van der Waals surface area (Å²) in [5.74, 6) is 1.87. The molecule has 6 nitrogen and oxygen atoms in total. The molecule has 1 saturated heterocycles. The van der Waals surface area contributed by atoms with Crippen LogP contribution in [0, 0.1) is 12.8 Å². The van der Waals surface area contributed by atoms with Crippen LogP contribution in [0.4, 0.5) is 0 Å². The number of nitrogens with zero attached hydrogens (tertiary/aromatic N) is 1. The topological polar surface area (TPSA) is 76.4 Å². The average Bonchev–Trinajstić information content (AvgIpc) is 2.90. The molecule has 130 valence electrons. The van der Waals surface area contributed by atoms with E-state index in [1.807, 2.05) is 13.0 Å². The van der Waals surface area contributed by atoms with Crippen LogP contribution in [0.1, 0.15) is 21.8 Å². The molecule has 0 spiro atoms. The van der Waals surface area contributed by atoms with E-state index in [1.54, 1.807) is 18.2 Å². The van der Waals surface area contributed by atoms with Gasteiger partial charge in [0, 0.05) is 37.2 Å². The highest BCUT2D eigenvalue weighted by molar-refractivity contribution is 9.10. The smallest absolute Gasteiger partial charge is 0.251 e. The lowest BCUT2D eigenvalue weighted by molar-refractivity contribution is 0.0942. The van der Waals surface area contributed by atoms with Gasteiger partial charge in [0.25, 0.3) is 5.91 Å². The molecule has 1 amide bonds. The molecule has 1 fully saturated rings. The number of aromatic nitrogens is 1. The van der Waals surface area contributed by atoms with Crippen molar-refractivity contribution in [1.82, 2.24) is 15.8 Å². The van der Waals surface area contributed by atoms with Crippen molar-refractivity contribution in [2.24, 2.45) is 5.92 Å². The van der Waals surface area contributed by atoms with Crippen molar-refractivity contribution >= 4 is 34.2 Å². The van der Waals surface area contributed by atoms with Gasteiger partial charge in [-0.1, -0.05) is 5.16 Å². The fourth-order valence-corrected chi connectivity index (χ4v) is 2.72. The van der Waals surface area contributed by atoms with Crippen LogP contribution >= 0.6 is 28.3 Å². The number of hydrogen-bond donors (Lipinski definition) is 2. The molecule has 1 aromatic heterocycles. The second-order valence-electron chi connectivity index (χ2n) is 5.60. The van der Waals surface area contributed by atoms with Gasteiger partial charge in [0.1, 0.15) is 23.8 Å². The van der Waals surface area contributed by atoms with E-state index in [-0.39, 0.29) is 18.3 Å². The first-order chi connectivity index (χ1) is 11.1. The van der Waals surface area contributed by atoms with Gasteiger partial charge in [0.15, 0.2) is 0 Å². The normalized spacial score (nSPS) is 13.8. The summed E-state index contributed by atoms with van der Waals surface area (Å²) in [6.45, 7) is 4.79. The van der Waals surface area contributed by atoms with E-state index in [4.69, 9.17) is 9.26 Å². The zero-order valence-corrected chi connectivity index (χ0v) is 15.6. The van der Waals surface area contributed by atoms with E-state index >= 15 is 0 Å². The van der Waals surface area contributed by atoms with Crippen LogP contribution in [0.25, 0.3) is 0 Å². The fraction of sp³-hybridized carbons (Fsp3) is 0.375. The molecule has 0 unspecified atom stereocenters. The van der Waals surface area contributed by atoms with Gasteiger partial charge in [-0.05, 0) is 41.1 Å². The van der Waals surface area contributed by atoms with Crippen LogP contribution in [-0.2, 0) is 6.61 Å². The van der Waals surface area contributed by atoms with Crippen molar-refractivity contribution in [3.63, 3.8) is 0 Å². The number of rotatable bonds is 6. The van der Waals surface area contributed by atoms with Gasteiger partial charge in [-0.3, -0.25) is 4.79 Å². The second-order valence-corrected chi connectivity index (χ2v) is 6.45. The molecular weight excluding hydrogens is 398 g/mol.